The van der Waals surface area contributed by atoms with E-state index in [1.54, 1.807) is 0 Å². The van der Waals surface area contributed by atoms with E-state index in [0.29, 0.717) is 6.04 Å². The summed E-state index contributed by atoms with van der Waals surface area (Å²) in [4.78, 5) is 4.28. The summed E-state index contributed by atoms with van der Waals surface area (Å²) >= 11 is 0. The molecule has 0 radical (unpaired) electrons. The summed E-state index contributed by atoms with van der Waals surface area (Å²) in [6.45, 7) is 4.27. The normalized spacial score (nSPS) is 9.19. The van der Waals surface area contributed by atoms with Gasteiger partial charge >= 0.3 is 0 Å². The molecule has 3 nitrogen and oxygen atoms in total. The molecule has 0 amide bonds. The predicted octanol–water partition coefficient (Wildman–Crippen LogP) is 3.46. The van der Waals surface area contributed by atoms with Crippen molar-refractivity contribution in [2.24, 2.45) is 0 Å². The van der Waals surface area contributed by atoms with Gasteiger partial charge in [-0.05, 0) is 32.0 Å². The number of hydrogen-bond acceptors (Lipinski definition) is 2. The van der Waals surface area contributed by atoms with E-state index in [4.69, 9.17) is 5.73 Å². The molecule has 2 aromatic rings. The van der Waals surface area contributed by atoms with Gasteiger partial charge in [0.15, 0.2) is 0 Å². The minimum Gasteiger partial charge on any atom is -0.399 e. The van der Waals surface area contributed by atoms with Gasteiger partial charge in [-0.2, -0.15) is 0 Å². The summed E-state index contributed by atoms with van der Waals surface area (Å²) in [6, 6.07) is 6.25. The maximum Gasteiger partial charge on any atom is 0.0960 e. The third-order valence-electron chi connectivity index (χ3n) is 2.16. The van der Waals surface area contributed by atoms with E-state index in [9.17, 15) is 0 Å². The third kappa shape index (κ3) is 3.17. The summed E-state index contributed by atoms with van der Waals surface area (Å²) in [5.41, 5.74) is 8.53. The van der Waals surface area contributed by atoms with E-state index >= 15 is 0 Å². The predicted molar refractivity (Wildman–Crippen MR) is 76.3 cm³/mol. The van der Waals surface area contributed by atoms with Gasteiger partial charge < -0.3 is 10.3 Å². The van der Waals surface area contributed by atoms with Gasteiger partial charge in [-0.1, -0.05) is 0 Å². The third-order valence-corrected chi connectivity index (χ3v) is 2.16. The van der Waals surface area contributed by atoms with Crippen molar-refractivity contribution in [2.75, 3.05) is 5.73 Å². The Kier molecular flexibility index (Phi) is 7.58. The van der Waals surface area contributed by atoms with Crippen LogP contribution in [-0.4, -0.2) is 9.55 Å². The Balaban J connectivity index is 0. The van der Waals surface area contributed by atoms with Crippen LogP contribution in [0.2, 0.25) is 0 Å². The Bertz CT molecular complexity index is 440. The number of aromatic nitrogens is 2. The van der Waals surface area contributed by atoms with E-state index in [1.165, 1.54) is 0 Å². The molecule has 1 aromatic carbocycles. The zero-order chi connectivity index (χ0) is 9.42. The van der Waals surface area contributed by atoms with Crippen molar-refractivity contribution in [1.29, 1.82) is 0 Å². The van der Waals surface area contributed by atoms with Crippen LogP contribution in [0.25, 0.3) is 11.0 Å². The second-order valence-electron chi connectivity index (χ2n) is 3.49. The monoisotopic (exact) mass is 283 g/mol. The minimum absolute atomic E-state index is 0. The van der Waals surface area contributed by atoms with Crippen LogP contribution >= 0.6 is 37.2 Å². The van der Waals surface area contributed by atoms with Gasteiger partial charge in [0.1, 0.15) is 0 Å². The highest BCUT2D eigenvalue weighted by atomic mass is 35.5. The van der Waals surface area contributed by atoms with Gasteiger partial charge in [0.05, 0.1) is 17.4 Å². The molecule has 0 saturated heterocycles. The molecule has 16 heavy (non-hydrogen) atoms. The number of nitrogens with two attached hydrogens (primary N) is 1. The summed E-state index contributed by atoms with van der Waals surface area (Å²) in [5.74, 6) is 0. The van der Waals surface area contributed by atoms with Crippen molar-refractivity contribution in [1.82, 2.24) is 9.55 Å². The summed E-state index contributed by atoms with van der Waals surface area (Å²) in [5, 5.41) is 0. The van der Waals surface area contributed by atoms with Crippen molar-refractivity contribution >= 4 is 53.9 Å². The molecule has 0 atom stereocenters. The number of anilines is 1. The number of nitrogen functional groups attached to an aromatic ring is 1. The maximum absolute atomic E-state index is 5.66. The van der Waals surface area contributed by atoms with Gasteiger partial charge in [0.25, 0.3) is 0 Å². The quantitative estimate of drug-likeness (QED) is 0.815. The van der Waals surface area contributed by atoms with Crippen LogP contribution in [0.15, 0.2) is 24.5 Å². The lowest BCUT2D eigenvalue weighted by atomic mass is 10.2. The fraction of sp³-hybridized carbons (Fsp3) is 0.300. The molecule has 0 spiro atoms. The largest absolute Gasteiger partial charge is 0.399 e. The number of rotatable bonds is 1. The molecular formula is C10H16Cl3N3. The van der Waals surface area contributed by atoms with E-state index in [-0.39, 0.29) is 37.2 Å². The van der Waals surface area contributed by atoms with Crippen LogP contribution in [-0.2, 0) is 0 Å². The number of benzene rings is 1. The van der Waals surface area contributed by atoms with E-state index in [0.717, 1.165) is 16.7 Å². The number of halogens is 3. The van der Waals surface area contributed by atoms with Gasteiger partial charge in [-0.25, -0.2) is 4.98 Å². The molecule has 1 heterocycles. The molecule has 6 heteroatoms. The van der Waals surface area contributed by atoms with Crippen molar-refractivity contribution in [3.05, 3.63) is 24.5 Å². The van der Waals surface area contributed by atoms with Crippen LogP contribution in [0, 0.1) is 0 Å². The number of imidazole rings is 1. The lowest BCUT2D eigenvalue weighted by Crippen LogP contribution is -1.97. The molecule has 0 fully saturated rings. The highest BCUT2D eigenvalue weighted by molar-refractivity contribution is 5.86. The lowest BCUT2D eigenvalue weighted by Gasteiger charge is -2.07. The Morgan fingerprint density at radius 3 is 2.38 bits per heavy atom. The van der Waals surface area contributed by atoms with Crippen LogP contribution in [0.3, 0.4) is 0 Å². The van der Waals surface area contributed by atoms with Crippen LogP contribution in [0.5, 0.6) is 0 Å². The van der Waals surface area contributed by atoms with Crippen molar-refractivity contribution < 1.29 is 0 Å². The highest BCUT2D eigenvalue weighted by Gasteiger charge is 2.04. The second-order valence-corrected chi connectivity index (χ2v) is 3.49. The molecule has 0 bridgehead atoms. The Hall–Kier alpha value is -0.640. The highest BCUT2D eigenvalue weighted by Crippen LogP contribution is 2.19. The van der Waals surface area contributed by atoms with Gasteiger partial charge in [0.2, 0.25) is 0 Å². The zero-order valence-electron chi connectivity index (χ0n) is 9.08. The zero-order valence-corrected chi connectivity index (χ0v) is 11.5. The lowest BCUT2D eigenvalue weighted by molar-refractivity contribution is 0.617. The van der Waals surface area contributed by atoms with Crippen LogP contribution < -0.4 is 5.73 Å². The fourth-order valence-corrected chi connectivity index (χ4v) is 1.46. The average molecular weight is 285 g/mol. The Morgan fingerprint density at radius 2 is 1.81 bits per heavy atom. The summed E-state index contributed by atoms with van der Waals surface area (Å²) in [6.07, 6.45) is 1.86. The molecule has 2 N–H and O–H groups in total. The van der Waals surface area contributed by atoms with Gasteiger partial charge in [-0.3, -0.25) is 0 Å². The average Bonchev–Trinajstić information content (AvgIpc) is 2.46. The topological polar surface area (TPSA) is 43.8 Å². The molecule has 0 aliphatic heterocycles. The first kappa shape index (κ1) is 17.7. The molecule has 0 saturated carbocycles. The first-order valence-electron chi connectivity index (χ1n) is 4.40. The number of hydrogen-bond donors (Lipinski definition) is 1. The number of nitrogens with zero attached hydrogens (tertiary/aromatic N) is 2. The minimum atomic E-state index is 0. The standard InChI is InChI=1S/C10H13N3.3ClH/c1-7(2)13-6-12-9-5-8(11)3-4-10(9)13;;;/h3-7H,11H2,1-2H3;3*1H. The summed E-state index contributed by atoms with van der Waals surface area (Å²) < 4.78 is 2.13. The van der Waals surface area contributed by atoms with E-state index < -0.39 is 0 Å². The molecule has 2 rings (SSSR count). The van der Waals surface area contributed by atoms with Crippen molar-refractivity contribution in [2.45, 2.75) is 19.9 Å². The van der Waals surface area contributed by atoms with E-state index in [1.807, 2.05) is 24.5 Å². The molecule has 0 aliphatic carbocycles. The van der Waals surface area contributed by atoms with Crippen LogP contribution in [0.1, 0.15) is 19.9 Å². The maximum atomic E-state index is 5.66. The summed E-state index contributed by atoms with van der Waals surface area (Å²) in [7, 11) is 0. The second kappa shape index (κ2) is 6.84. The first-order valence-corrected chi connectivity index (χ1v) is 4.40. The smallest absolute Gasteiger partial charge is 0.0960 e. The van der Waals surface area contributed by atoms with Crippen LogP contribution in [0.4, 0.5) is 5.69 Å². The van der Waals surface area contributed by atoms with Gasteiger partial charge in [0, 0.05) is 11.7 Å². The Morgan fingerprint density at radius 1 is 1.19 bits per heavy atom. The van der Waals surface area contributed by atoms with E-state index in [2.05, 4.69) is 23.4 Å². The Labute approximate surface area is 114 Å². The molecule has 1 aromatic heterocycles. The number of fused-ring (bicyclic) bond motifs is 1. The van der Waals surface area contributed by atoms with Crippen molar-refractivity contribution in [3.8, 4) is 0 Å². The molecule has 0 unspecified atom stereocenters. The molecule has 92 valence electrons. The molecular weight excluding hydrogens is 268 g/mol. The van der Waals surface area contributed by atoms with Crippen molar-refractivity contribution in [3.63, 3.8) is 0 Å². The fourth-order valence-electron chi connectivity index (χ4n) is 1.46. The molecule has 0 aliphatic rings. The first-order chi connectivity index (χ1) is 6.18. The van der Waals surface area contributed by atoms with Gasteiger partial charge in [-0.15, -0.1) is 37.2 Å². The SMILES string of the molecule is CC(C)n1cnc2cc(N)ccc21.Cl.Cl.Cl.